The van der Waals surface area contributed by atoms with E-state index in [9.17, 15) is 22.8 Å². The Balaban J connectivity index is 1.56. The highest BCUT2D eigenvalue weighted by Crippen LogP contribution is 2.39. The summed E-state index contributed by atoms with van der Waals surface area (Å²) in [5.41, 5.74) is 0.301. The van der Waals surface area contributed by atoms with Crippen molar-refractivity contribution in [1.82, 2.24) is 9.88 Å². The Bertz CT molecular complexity index is 992. The maximum atomic E-state index is 12.7. The highest BCUT2D eigenvalue weighted by atomic mass is 19.4. The molecule has 1 aromatic heterocycles. The first-order valence-corrected chi connectivity index (χ1v) is 9.30. The van der Waals surface area contributed by atoms with Crippen molar-refractivity contribution in [2.75, 3.05) is 19.0 Å². The summed E-state index contributed by atoms with van der Waals surface area (Å²) in [7, 11) is 1.58. The van der Waals surface area contributed by atoms with Crippen LogP contribution in [0.2, 0.25) is 0 Å². The van der Waals surface area contributed by atoms with E-state index in [0.717, 1.165) is 17.7 Å². The smallest absolute Gasteiger partial charge is 0.417 e. The van der Waals surface area contributed by atoms with Gasteiger partial charge in [-0.3, -0.25) is 9.59 Å². The summed E-state index contributed by atoms with van der Waals surface area (Å²) in [5.74, 6) is 0.369. The van der Waals surface area contributed by atoms with Crippen LogP contribution in [0.25, 0.3) is 0 Å². The van der Waals surface area contributed by atoms with Gasteiger partial charge in [0.1, 0.15) is 17.5 Å². The predicted octanol–water partition coefficient (Wildman–Crippen LogP) is 3.39. The number of rotatable bonds is 4. The summed E-state index contributed by atoms with van der Waals surface area (Å²) < 4.78 is 49.3. The van der Waals surface area contributed by atoms with Crippen LogP contribution in [0.1, 0.15) is 24.0 Å². The van der Waals surface area contributed by atoms with Gasteiger partial charge in [-0.25, -0.2) is 4.98 Å². The maximum Gasteiger partial charge on any atom is 0.417 e. The van der Waals surface area contributed by atoms with E-state index >= 15 is 0 Å². The fourth-order valence-corrected chi connectivity index (χ4v) is 3.49. The largest absolute Gasteiger partial charge is 0.491 e. The van der Waals surface area contributed by atoms with Gasteiger partial charge in [-0.2, -0.15) is 13.2 Å². The SMILES string of the molecule is CN1C(=O)CC[C@H]1C(=O)Nc1cc(Oc2ccc(C(F)(F)F)cn2)cc2c1OCC2. The summed E-state index contributed by atoms with van der Waals surface area (Å²) in [6, 6.07) is 4.66. The minimum absolute atomic E-state index is 0.0136. The Kier molecular flexibility index (Phi) is 5.00. The number of fused-ring (bicyclic) bond motifs is 1. The molecule has 0 spiro atoms. The van der Waals surface area contributed by atoms with Crippen molar-refractivity contribution in [2.24, 2.45) is 0 Å². The van der Waals surface area contributed by atoms with E-state index in [1.807, 2.05) is 0 Å². The number of benzene rings is 1. The van der Waals surface area contributed by atoms with Crippen LogP contribution in [-0.4, -0.2) is 41.4 Å². The van der Waals surface area contributed by atoms with Gasteiger partial charge in [-0.15, -0.1) is 0 Å². The number of carbonyl (C=O) groups excluding carboxylic acids is 2. The number of carbonyl (C=O) groups is 2. The third-order valence-corrected chi connectivity index (χ3v) is 5.10. The lowest BCUT2D eigenvalue weighted by atomic mass is 10.1. The molecule has 0 saturated carbocycles. The monoisotopic (exact) mass is 421 g/mol. The van der Waals surface area contributed by atoms with Crippen LogP contribution in [0.3, 0.4) is 0 Å². The number of anilines is 1. The van der Waals surface area contributed by atoms with Gasteiger partial charge in [0.05, 0.1) is 17.9 Å². The van der Waals surface area contributed by atoms with Crippen molar-refractivity contribution in [3.63, 3.8) is 0 Å². The van der Waals surface area contributed by atoms with Crippen LogP contribution in [0, 0.1) is 0 Å². The van der Waals surface area contributed by atoms with Gasteiger partial charge in [0.25, 0.3) is 0 Å². The Morgan fingerprint density at radius 1 is 1.30 bits per heavy atom. The number of ether oxygens (including phenoxy) is 2. The van der Waals surface area contributed by atoms with Crippen LogP contribution in [-0.2, 0) is 22.2 Å². The summed E-state index contributed by atoms with van der Waals surface area (Å²) in [6.07, 6.45) is -2.45. The molecule has 3 heterocycles. The molecule has 2 amide bonds. The second kappa shape index (κ2) is 7.51. The number of likely N-dealkylation sites (N-methyl/N-ethyl adjacent to an activating group) is 1. The van der Waals surface area contributed by atoms with Crippen LogP contribution in [0.15, 0.2) is 30.5 Å². The molecule has 1 N–H and O–H groups in total. The fraction of sp³-hybridized carbons (Fsp3) is 0.350. The number of aromatic nitrogens is 1. The Morgan fingerprint density at radius 3 is 2.73 bits per heavy atom. The highest BCUT2D eigenvalue weighted by Gasteiger charge is 2.34. The molecule has 10 heteroatoms. The van der Waals surface area contributed by atoms with E-state index in [-0.39, 0.29) is 17.7 Å². The molecule has 1 aromatic carbocycles. The Labute approximate surface area is 169 Å². The standard InChI is InChI=1S/C20H18F3N3O4/c1-26-15(3-5-17(26)27)19(28)25-14-9-13(8-11-6-7-29-18(11)14)30-16-4-2-12(10-24-16)20(21,22)23/h2,4,8-10,15H,3,5-7H2,1H3,(H,25,28)/t15-/m0/s1. The molecule has 30 heavy (non-hydrogen) atoms. The lowest BCUT2D eigenvalue weighted by Crippen LogP contribution is -2.38. The van der Waals surface area contributed by atoms with Gasteiger partial charge in [0.15, 0.2) is 0 Å². The van der Waals surface area contributed by atoms with E-state index in [1.165, 1.54) is 11.0 Å². The molecule has 2 aliphatic heterocycles. The molecular formula is C20H18F3N3O4. The first-order valence-electron chi connectivity index (χ1n) is 9.30. The van der Waals surface area contributed by atoms with E-state index in [1.54, 1.807) is 13.1 Å². The van der Waals surface area contributed by atoms with Crippen LogP contribution in [0.5, 0.6) is 17.4 Å². The van der Waals surface area contributed by atoms with E-state index in [4.69, 9.17) is 9.47 Å². The molecule has 2 aromatic rings. The van der Waals surface area contributed by atoms with E-state index < -0.39 is 17.8 Å². The predicted molar refractivity (Wildman–Crippen MR) is 99.4 cm³/mol. The zero-order chi connectivity index (χ0) is 21.5. The van der Waals surface area contributed by atoms with Gasteiger partial charge in [-0.05, 0) is 18.6 Å². The van der Waals surface area contributed by atoms with Crippen molar-refractivity contribution in [1.29, 1.82) is 0 Å². The number of nitrogens with zero attached hydrogens (tertiary/aromatic N) is 2. The average Bonchev–Trinajstić information content (AvgIpc) is 3.28. The first-order chi connectivity index (χ1) is 14.2. The lowest BCUT2D eigenvalue weighted by Gasteiger charge is -2.20. The average molecular weight is 421 g/mol. The van der Waals surface area contributed by atoms with Crippen LogP contribution in [0.4, 0.5) is 18.9 Å². The van der Waals surface area contributed by atoms with Crippen molar-refractivity contribution < 1.29 is 32.2 Å². The van der Waals surface area contributed by atoms with Crippen LogP contribution >= 0.6 is 0 Å². The minimum atomic E-state index is -4.48. The summed E-state index contributed by atoms with van der Waals surface area (Å²) in [6.45, 7) is 0.433. The second-order valence-corrected chi connectivity index (χ2v) is 7.09. The molecule has 0 aliphatic carbocycles. The molecule has 1 saturated heterocycles. The Hall–Kier alpha value is -3.30. The number of halogens is 3. The second-order valence-electron chi connectivity index (χ2n) is 7.09. The normalized spacial score (nSPS) is 18.2. The Morgan fingerprint density at radius 2 is 2.10 bits per heavy atom. The third-order valence-electron chi connectivity index (χ3n) is 5.10. The number of amides is 2. The van der Waals surface area contributed by atoms with Gasteiger partial charge in [-0.1, -0.05) is 0 Å². The molecule has 2 aliphatic rings. The number of nitrogens with one attached hydrogen (secondary N) is 1. The number of likely N-dealkylation sites (tertiary alicyclic amines) is 1. The molecule has 0 bridgehead atoms. The molecule has 7 nitrogen and oxygen atoms in total. The molecule has 0 radical (unpaired) electrons. The maximum absolute atomic E-state index is 12.7. The van der Waals surface area contributed by atoms with Crippen molar-refractivity contribution >= 4 is 17.5 Å². The number of hydrogen-bond donors (Lipinski definition) is 1. The van der Waals surface area contributed by atoms with Crippen molar-refractivity contribution in [3.05, 3.63) is 41.6 Å². The van der Waals surface area contributed by atoms with Gasteiger partial charge in [0, 0.05) is 43.8 Å². The molecular weight excluding hydrogens is 403 g/mol. The van der Waals surface area contributed by atoms with Crippen LogP contribution < -0.4 is 14.8 Å². The lowest BCUT2D eigenvalue weighted by molar-refractivity contribution is -0.137. The van der Waals surface area contributed by atoms with Gasteiger partial charge >= 0.3 is 6.18 Å². The molecule has 0 unspecified atom stereocenters. The number of alkyl halides is 3. The van der Waals surface area contributed by atoms with E-state index in [0.29, 0.717) is 49.3 Å². The zero-order valence-electron chi connectivity index (χ0n) is 16.0. The summed E-state index contributed by atoms with van der Waals surface area (Å²) in [4.78, 5) is 29.5. The third kappa shape index (κ3) is 3.89. The first kappa shape index (κ1) is 20.0. The van der Waals surface area contributed by atoms with E-state index in [2.05, 4.69) is 10.3 Å². The van der Waals surface area contributed by atoms with Gasteiger partial charge in [0.2, 0.25) is 17.7 Å². The fourth-order valence-electron chi connectivity index (χ4n) is 3.49. The summed E-state index contributed by atoms with van der Waals surface area (Å²) >= 11 is 0. The number of hydrogen-bond acceptors (Lipinski definition) is 5. The minimum Gasteiger partial charge on any atom is -0.491 e. The number of pyridine rings is 1. The quantitative estimate of drug-likeness (QED) is 0.819. The molecule has 158 valence electrons. The topological polar surface area (TPSA) is 80.8 Å². The molecule has 1 atom stereocenters. The summed E-state index contributed by atoms with van der Waals surface area (Å²) in [5, 5.41) is 2.78. The molecule has 1 fully saturated rings. The molecule has 4 rings (SSSR count). The van der Waals surface area contributed by atoms with Crippen molar-refractivity contribution in [2.45, 2.75) is 31.5 Å². The highest BCUT2D eigenvalue weighted by molar-refractivity contribution is 6.00. The van der Waals surface area contributed by atoms with Gasteiger partial charge < -0.3 is 19.7 Å². The van der Waals surface area contributed by atoms with Crippen molar-refractivity contribution in [3.8, 4) is 17.4 Å². The zero-order valence-corrected chi connectivity index (χ0v) is 16.0.